The molecule has 0 spiro atoms. The van der Waals surface area contributed by atoms with E-state index in [4.69, 9.17) is 27.9 Å². The Hall–Kier alpha value is 0.0300. The molecular formula is C13H11Cl2IOS. The van der Waals surface area contributed by atoms with Gasteiger partial charge in [0.2, 0.25) is 0 Å². The quantitative estimate of drug-likeness (QED) is 0.432. The first kappa shape index (κ1) is 14.4. The van der Waals surface area contributed by atoms with Crippen LogP contribution in [0.3, 0.4) is 0 Å². The zero-order valence-electron chi connectivity index (χ0n) is 9.41. The van der Waals surface area contributed by atoms with E-state index in [1.165, 1.54) is 4.88 Å². The molecular weight excluding hydrogens is 402 g/mol. The van der Waals surface area contributed by atoms with E-state index in [0.29, 0.717) is 15.8 Å². The second-order valence-electron chi connectivity index (χ2n) is 3.67. The van der Waals surface area contributed by atoms with Gasteiger partial charge in [-0.2, -0.15) is 0 Å². The Morgan fingerprint density at radius 1 is 1.28 bits per heavy atom. The molecule has 2 aromatic rings. The lowest BCUT2D eigenvalue weighted by molar-refractivity contribution is 0.207. The van der Waals surface area contributed by atoms with Gasteiger partial charge < -0.3 is 4.74 Å². The van der Waals surface area contributed by atoms with Crippen LogP contribution in [0.25, 0.3) is 0 Å². The van der Waals surface area contributed by atoms with Crippen molar-refractivity contribution in [3.05, 3.63) is 50.6 Å². The predicted octanol–water partition coefficient (Wildman–Crippen LogP) is 6.00. The van der Waals surface area contributed by atoms with Crippen LogP contribution in [0.1, 0.15) is 17.4 Å². The summed E-state index contributed by atoms with van der Waals surface area (Å²) in [6.45, 7) is 0. The molecule has 0 bridgehead atoms. The summed E-state index contributed by atoms with van der Waals surface area (Å²) >= 11 is 16.1. The standard InChI is InChI=1S/C13H11Cl2IOS/c14-9-3-4-10(15)12(8-9)17-11(5-6-16)13-2-1-7-18-13/h1-4,7-8,11H,5-6H2/t11-/m0/s1. The lowest BCUT2D eigenvalue weighted by Gasteiger charge is -2.18. The molecule has 0 aliphatic rings. The summed E-state index contributed by atoms with van der Waals surface area (Å²) in [6, 6.07) is 9.39. The SMILES string of the molecule is Clc1ccc(Cl)c(O[C@@H](CCI)c2cccs2)c1. The first-order valence-electron chi connectivity index (χ1n) is 5.42. The Morgan fingerprint density at radius 2 is 2.11 bits per heavy atom. The van der Waals surface area contributed by atoms with Crippen molar-refractivity contribution in [2.75, 3.05) is 4.43 Å². The third-order valence-corrected chi connectivity index (χ3v) is 4.53. The van der Waals surface area contributed by atoms with Crippen molar-refractivity contribution < 1.29 is 4.74 Å². The summed E-state index contributed by atoms with van der Waals surface area (Å²) < 4.78 is 7.03. The fourth-order valence-corrected chi connectivity index (χ4v) is 3.23. The first-order chi connectivity index (χ1) is 8.70. The molecule has 0 amide bonds. The summed E-state index contributed by atoms with van der Waals surface area (Å²) in [4.78, 5) is 1.21. The van der Waals surface area contributed by atoms with Crippen LogP contribution in [0, 0.1) is 0 Å². The number of rotatable bonds is 5. The Bertz CT molecular complexity index is 502. The van der Waals surface area contributed by atoms with Crippen LogP contribution in [-0.4, -0.2) is 4.43 Å². The first-order valence-corrected chi connectivity index (χ1v) is 8.58. The fourth-order valence-electron chi connectivity index (χ4n) is 1.55. The molecule has 0 radical (unpaired) electrons. The van der Waals surface area contributed by atoms with Gasteiger partial charge in [0.15, 0.2) is 0 Å². The number of thiophene rings is 1. The van der Waals surface area contributed by atoms with Crippen LogP contribution < -0.4 is 4.74 Å². The summed E-state index contributed by atoms with van der Waals surface area (Å²) in [6.07, 6.45) is 0.988. The number of alkyl halides is 1. The van der Waals surface area contributed by atoms with Crippen LogP contribution >= 0.6 is 57.1 Å². The average Bonchev–Trinajstić information content (AvgIpc) is 2.87. The van der Waals surface area contributed by atoms with Crippen LogP contribution in [0.2, 0.25) is 10.0 Å². The highest BCUT2D eigenvalue weighted by atomic mass is 127. The largest absolute Gasteiger partial charge is 0.483 e. The number of benzene rings is 1. The van der Waals surface area contributed by atoms with Crippen LogP contribution in [0.4, 0.5) is 0 Å². The Kier molecular flexibility index (Phi) is 5.60. The molecule has 0 aliphatic carbocycles. The van der Waals surface area contributed by atoms with Crippen molar-refractivity contribution in [1.29, 1.82) is 0 Å². The summed E-state index contributed by atoms with van der Waals surface area (Å²) in [5.41, 5.74) is 0. The normalized spacial score (nSPS) is 12.4. The smallest absolute Gasteiger partial charge is 0.140 e. The fraction of sp³-hybridized carbons (Fsp3) is 0.231. The predicted molar refractivity (Wildman–Crippen MR) is 87.7 cm³/mol. The maximum absolute atomic E-state index is 6.12. The van der Waals surface area contributed by atoms with Crippen LogP contribution in [0.15, 0.2) is 35.7 Å². The molecule has 0 unspecified atom stereocenters. The molecule has 96 valence electrons. The van der Waals surface area contributed by atoms with E-state index >= 15 is 0 Å². The second kappa shape index (κ2) is 6.98. The van der Waals surface area contributed by atoms with Crippen molar-refractivity contribution in [2.24, 2.45) is 0 Å². The average molecular weight is 413 g/mol. The molecule has 0 aliphatic heterocycles. The van der Waals surface area contributed by atoms with Gasteiger partial charge in [0, 0.05) is 20.4 Å². The highest BCUT2D eigenvalue weighted by molar-refractivity contribution is 14.1. The van der Waals surface area contributed by atoms with E-state index in [1.54, 1.807) is 29.5 Å². The topological polar surface area (TPSA) is 9.23 Å². The van der Waals surface area contributed by atoms with E-state index < -0.39 is 0 Å². The van der Waals surface area contributed by atoms with Gasteiger partial charge in [-0.3, -0.25) is 0 Å². The number of hydrogen-bond acceptors (Lipinski definition) is 2. The Labute approximate surface area is 134 Å². The molecule has 0 saturated heterocycles. The zero-order chi connectivity index (χ0) is 13.0. The van der Waals surface area contributed by atoms with E-state index in [0.717, 1.165) is 10.8 Å². The van der Waals surface area contributed by atoms with Crippen molar-refractivity contribution in [3.8, 4) is 5.75 Å². The third kappa shape index (κ3) is 3.76. The zero-order valence-corrected chi connectivity index (χ0v) is 13.9. The molecule has 1 aromatic heterocycles. The van der Waals surface area contributed by atoms with Gasteiger partial charge in [0.1, 0.15) is 11.9 Å². The molecule has 1 aromatic carbocycles. The number of halogens is 3. The second-order valence-corrected chi connectivity index (χ2v) is 6.58. The van der Waals surface area contributed by atoms with E-state index in [-0.39, 0.29) is 6.10 Å². The lowest BCUT2D eigenvalue weighted by atomic mass is 10.2. The monoisotopic (exact) mass is 412 g/mol. The lowest BCUT2D eigenvalue weighted by Crippen LogP contribution is -2.07. The molecule has 1 atom stereocenters. The van der Waals surface area contributed by atoms with Crippen molar-refractivity contribution >= 4 is 57.1 Å². The minimum absolute atomic E-state index is 0.0397. The summed E-state index contributed by atoms with van der Waals surface area (Å²) in [5, 5.41) is 3.28. The molecule has 0 saturated carbocycles. The summed E-state index contributed by atoms with van der Waals surface area (Å²) in [7, 11) is 0. The van der Waals surface area contributed by atoms with E-state index in [9.17, 15) is 0 Å². The Morgan fingerprint density at radius 3 is 2.78 bits per heavy atom. The van der Waals surface area contributed by atoms with Gasteiger partial charge in [0.25, 0.3) is 0 Å². The van der Waals surface area contributed by atoms with Crippen molar-refractivity contribution in [3.63, 3.8) is 0 Å². The van der Waals surface area contributed by atoms with Crippen molar-refractivity contribution in [1.82, 2.24) is 0 Å². The highest BCUT2D eigenvalue weighted by Gasteiger charge is 2.15. The summed E-state index contributed by atoms with van der Waals surface area (Å²) in [5.74, 6) is 0.646. The minimum atomic E-state index is 0.0397. The Balaban J connectivity index is 2.21. The minimum Gasteiger partial charge on any atom is -0.483 e. The molecule has 1 nitrogen and oxygen atoms in total. The molecule has 0 fully saturated rings. The molecule has 0 N–H and O–H groups in total. The van der Waals surface area contributed by atoms with Crippen LogP contribution in [-0.2, 0) is 0 Å². The van der Waals surface area contributed by atoms with Crippen molar-refractivity contribution in [2.45, 2.75) is 12.5 Å². The van der Waals surface area contributed by atoms with Gasteiger partial charge in [-0.1, -0.05) is 51.9 Å². The van der Waals surface area contributed by atoms with Crippen LogP contribution in [0.5, 0.6) is 5.75 Å². The van der Waals surface area contributed by atoms with Gasteiger partial charge in [-0.05, 0) is 30.0 Å². The van der Waals surface area contributed by atoms with E-state index in [2.05, 4.69) is 34.0 Å². The third-order valence-electron chi connectivity index (χ3n) is 2.39. The molecule has 2 rings (SSSR count). The maximum atomic E-state index is 6.12. The molecule has 1 heterocycles. The van der Waals surface area contributed by atoms with Gasteiger partial charge in [-0.15, -0.1) is 11.3 Å². The molecule has 18 heavy (non-hydrogen) atoms. The van der Waals surface area contributed by atoms with Gasteiger partial charge in [-0.25, -0.2) is 0 Å². The molecule has 5 heteroatoms. The van der Waals surface area contributed by atoms with Gasteiger partial charge in [0.05, 0.1) is 5.02 Å². The maximum Gasteiger partial charge on any atom is 0.140 e. The highest BCUT2D eigenvalue weighted by Crippen LogP contribution is 2.34. The number of ether oxygens (including phenoxy) is 1. The van der Waals surface area contributed by atoms with Gasteiger partial charge >= 0.3 is 0 Å². The number of hydrogen-bond donors (Lipinski definition) is 0. The van der Waals surface area contributed by atoms with E-state index in [1.807, 2.05) is 6.07 Å².